The molecule has 2 heterocycles. The van der Waals surface area contributed by atoms with E-state index in [0.717, 1.165) is 11.3 Å². The van der Waals surface area contributed by atoms with E-state index in [1.54, 1.807) is 14.0 Å². The van der Waals surface area contributed by atoms with Crippen molar-refractivity contribution < 1.29 is 23.7 Å². The van der Waals surface area contributed by atoms with Crippen molar-refractivity contribution in [2.45, 2.75) is 13.5 Å². The van der Waals surface area contributed by atoms with E-state index in [-0.39, 0.29) is 22.3 Å². The molecule has 0 unspecified atom stereocenters. The number of amides is 1. The highest BCUT2D eigenvalue weighted by molar-refractivity contribution is 7.17. The smallest absolute Gasteiger partial charge is 0.341 e. The Bertz CT molecular complexity index is 763. The molecular weight excluding hydrogens is 324 g/mol. The number of esters is 1. The highest BCUT2D eigenvalue weighted by atomic mass is 32.1. The van der Waals surface area contributed by atoms with Gasteiger partial charge in [0.25, 0.3) is 5.91 Å². The van der Waals surface area contributed by atoms with Crippen LogP contribution in [0.5, 0.6) is 0 Å². The van der Waals surface area contributed by atoms with Crippen molar-refractivity contribution in [1.29, 1.82) is 0 Å². The van der Waals surface area contributed by atoms with E-state index in [2.05, 4.69) is 4.74 Å². The molecule has 0 atom stereocenters. The van der Waals surface area contributed by atoms with Gasteiger partial charge in [0, 0.05) is 13.1 Å². The standard InChI is InChI=1S/C14H14N2O6S/c1-8-10(14(18)21-3)6-9(22-8)7-15(2)13(17)11-4-5-12(23-11)16(19)20/h4-6H,7H2,1-3H3. The fourth-order valence-electron chi connectivity index (χ4n) is 1.97. The highest BCUT2D eigenvalue weighted by Crippen LogP contribution is 2.25. The summed E-state index contributed by atoms with van der Waals surface area (Å²) < 4.78 is 10.1. The number of nitrogens with zero attached hydrogens (tertiary/aromatic N) is 2. The lowest BCUT2D eigenvalue weighted by Gasteiger charge is -2.14. The minimum absolute atomic E-state index is 0.0939. The van der Waals surface area contributed by atoms with Gasteiger partial charge in [0.1, 0.15) is 17.1 Å². The summed E-state index contributed by atoms with van der Waals surface area (Å²) >= 11 is 0.810. The molecule has 0 aliphatic rings. The quantitative estimate of drug-likeness (QED) is 0.471. The Balaban J connectivity index is 2.11. The lowest BCUT2D eigenvalue weighted by atomic mass is 10.2. The van der Waals surface area contributed by atoms with Crippen LogP contribution in [-0.4, -0.2) is 35.9 Å². The van der Waals surface area contributed by atoms with Crippen LogP contribution < -0.4 is 0 Å². The molecule has 23 heavy (non-hydrogen) atoms. The number of furan rings is 1. The number of carbonyl (C=O) groups excluding carboxylic acids is 2. The van der Waals surface area contributed by atoms with Crippen molar-refractivity contribution >= 4 is 28.2 Å². The molecule has 0 saturated heterocycles. The summed E-state index contributed by atoms with van der Waals surface area (Å²) in [7, 11) is 2.82. The molecule has 2 rings (SSSR count). The maximum atomic E-state index is 12.2. The summed E-state index contributed by atoms with van der Waals surface area (Å²) in [5.74, 6) is -0.0543. The number of hydrogen-bond acceptors (Lipinski definition) is 7. The van der Waals surface area contributed by atoms with Gasteiger partial charge in [0.2, 0.25) is 0 Å². The summed E-state index contributed by atoms with van der Waals surface area (Å²) in [5, 5.41) is 10.6. The summed E-state index contributed by atoms with van der Waals surface area (Å²) in [5.41, 5.74) is 0.301. The molecule has 0 radical (unpaired) electrons. The molecule has 0 spiro atoms. The average Bonchev–Trinajstić information content (AvgIpc) is 3.12. The number of methoxy groups -OCH3 is 1. The molecule has 0 aliphatic carbocycles. The summed E-state index contributed by atoms with van der Waals surface area (Å²) in [6.45, 7) is 1.75. The Morgan fingerprint density at radius 1 is 1.43 bits per heavy atom. The first-order valence-corrected chi connectivity index (χ1v) is 7.32. The van der Waals surface area contributed by atoms with Crippen LogP contribution in [0, 0.1) is 17.0 Å². The predicted molar refractivity (Wildman–Crippen MR) is 81.6 cm³/mol. The van der Waals surface area contributed by atoms with Gasteiger partial charge in [-0.15, -0.1) is 0 Å². The molecule has 0 bridgehead atoms. The van der Waals surface area contributed by atoms with Gasteiger partial charge >= 0.3 is 11.0 Å². The van der Waals surface area contributed by atoms with E-state index >= 15 is 0 Å². The van der Waals surface area contributed by atoms with Crippen LogP contribution in [0.25, 0.3) is 0 Å². The third kappa shape index (κ3) is 3.57. The Kier molecular flexibility index (Phi) is 4.80. The van der Waals surface area contributed by atoms with E-state index in [4.69, 9.17) is 4.42 Å². The van der Waals surface area contributed by atoms with Crippen molar-refractivity contribution in [3.05, 3.63) is 50.3 Å². The Labute approximate surface area is 135 Å². The second-order valence-electron chi connectivity index (χ2n) is 4.73. The Morgan fingerprint density at radius 2 is 2.13 bits per heavy atom. The van der Waals surface area contributed by atoms with Crippen LogP contribution in [0.15, 0.2) is 22.6 Å². The van der Waals surface area contributed by atoms with E-state index in [0.29, 0.717) is 17.1 Å². The van der Waals surface area contributed by atoms with Gasteiger partial charge in [-0.05, 0) is 19.1 Å². The van der Waals surface area contributed by atoms with Crippen LogP contribution in [-0.2, 0) is 11.3 Å². The van der Waals surface area contributed by atoms with Crippen LogP contribution in [0.4, 0.5) is 5.00 Å². The van der Waals surface area contributed by atoms with Gasteiger partial charge in [-0.1, -0.05) is 11.3 Å². The molecule has 0 fully saturated rings. The van der Waals surface area contributed by atoms with Gasteiger partial charge in [-0.25, -0.2) is 4.79 Å². The van der Waals surface area contributed by atoms with E-state index in [1.165, 1.54) is 30.2 Å². The van der Waals surface area contributed by atoms with E-state index in [1.807, 2.05) is 0 Å². The Hall–Kier alpha value is -2.68. The van der Waals surface area contributed by atoms with Gasteiger partial charge in [0.15, 0.2) is 0 Å². The third-order valence-corrected chi connectivity index (χ3v) is 4.12. The number of carbonyl (C=O) groups is 2. The van der Waals surface area contributed by atoms with Crippen molar-refractivity contribution in [1.82, 2.24) is 4.90 Å². The maximum absolute atomic E-state index is 12.2. The van der Waals surface area contributed by atoms with Crippen LogP contribution >= 0.6 is 11.3 Å². The second kappa shape index (κ2) is 6.61. The molecule has 2 aromatic rings. The number of nitro groups is 1. The topological polar surface area (TPSA) is 103 Å². The summed E-state index contributed by atoms with van der Waals surface area (Å²) in [6.07, 6.45) is 0. The van der Waals surface area contributed by atoms with E-state index in [9.17, 15) is 19.7 Å². The first-order valence-electron chi connectivity index (χ1n) is 6.50. The SMILES string of the molecule is COC(=O)c1cc(CN(C)C(=O)c2ccc([N+](=O)[O-])s2)oc1C. The zero-order valence-electron chi connectivity index (χ0n) is 12.7. The summed E-state index contributed by atoms with van der Waals surface area (Å²) in [4.78, 5) is 35.5. The number of rotatable bonds is 5. The lowest BCUT2D eigenvalue weighted by molar-refractivity contribution is -0.380. The normalized spacial score (nSPS) is 10.4. The molecule has 122 valence electrons. The van der Waals surface area contributed by atoms with Crippen molar-refractivity contribution in [3.8, 4) is 0 Å². The monoisotopic (exact) mass is 338 g/mol. The first kappa shape index (κ1) is 16.7. The Morgan fingerprint density at radius 3 is 2.70 bits per heavy atom. The third-order valence-electron chi connectivity index (χ3n) is 3.10. The molecular formula is C14H14N2O6S. The van der Waals surface area contributed by atoms with Crippen LogP contribution in [0.2, 0.25) is 0 Å². The lowest BCUT2D eigenvalue weighted by Crippen LogP contribution is -2.25. The minimum atomic E-state index is -0.542. The van der Waals surface area contributed by atoms with Gasteiger partial charge < -0.3 is 14.1 Å². The molecule has 8 nitrogen and oxygen atoms in total. The molecule has 0 N–H and O–H groups in total. The number of ether oxygens (including phenoxy) is 1. The molecule has 0 aromatic carbocycles. The molecule has 2 aromatic heterocycles. The maximum Gasteiger partial charge on any atom is 0.341 e. The molecule has 1 amide bonds. The van der Waals surface area contributed by atoms with Crippen molar-refractivity contribution in [2.75, 3.05) is 14.2 Å². The molecule has 0 saturated carbocycles. The highest BCUT2D eigenvalue weighted by Gasteiger charge is 2.21. The second-order valence-corrected chi connectivity index (χ2v) is 5.79. The first-order chi connectivity index (χ1) is 10.8. The number of thiophene rings is 1. The zero-order chi connectivity index (χ0) is 17.1. The largest absolute Gasteiger partial charge is 0.465 e. The van der Waals surface area contributed by atoms with Gasteiger partial charge in [0.05, 0.1) is 23.5 Å². The number of aryl methyl sites for hydroxylation is 1. The van der Waals surface area contributed by atoms with Gasteiger partial charge in [-0.3, -0.25) is 14.9 Å². The van der Waals surface area contributed by atoms with Crippen LogP contribution in [0.1, 0.15) is 31.6 Å². The fourth-order valence-corrected chi connectivity index (χ4v) is 2.78. The average molecular weight is 338 g/mol. The van der Waals surface area contributed by atoms with E-state index < -0.39 is 10.9 Å². The summed E-state index contributed by atoms with van der Waals surface area (Å²) in [6, 6.07) is 4.22. The van der Waals surface area contributed by atoms with Crippen molar-refractivity contribution in [3.63, 3.8) is 0 Å². The molecule has 0 aliphatic heterocycles. The molecule has 9 heteroatoms. The zero-order valence-corrected chi connectivity index (χ0v) is 13.5. The number of hydrogen-bond donors (Lipinski definition) is 0. The van der Waals surface area contributed by atoms with Crippen LogP contribution in [0.3, 0.4) is 0 Å². The van der Waals surface area contributed by atoms with Gasteiger partial charge in [-0.2, -0.15) is 0 Å². The predicted octanol–water partition coefficient (Wildman–Crippen LogP) is 2.62. The minimum Gasteiger partial charge on any atom is -0.465 e. The fraction of sp³-hybridized carbons (Fsp3) is 0.286. The van der Waals surface area contributed by atoms with Crippen molar-refractivity contribution in [2.24, 2.45) is 0 Å².